The molecule has 0 amide bonds. The van der Waals surface area contributed by atoms with Crippen LogP contribution in [0.1, 0.15) is 19.8 Å². The molecule has 0 aliphatic carbocycles. The highest BCUT2D eigenvalue weighted by molar-refractivity contribution is 4.73. The minimum Gasteiger partial charge on any atom is -0.405 e. The van der Waals surface area contributed by atoms with Gasteiger partial charge in [0.2, 0.25) is 0 Å². The van der Waals surface area contributed by atoms with Crippen LogP contribution in [0, 0.1) is 0 Å². The third kappa shape index (κ3) is 3.54. The molecule has 1 nitrogen and oxygen atoms in total. The quantitative estimate of drug-likeness (QED) is 0.536. The van der Waals surface area contributed by atoms with E-state index in [4.69, 9.17) is 5.73 Å². The van der Waals surface area contributed by atoms with E-state index in [0.29, 0.717) is 0 Å². The first-order valence-electron chi connectivity index (χ1n) is 2.28. The van der Waals surface area contributed by atoms with Gasteiger partial charge in [-0.15, -0.1) is 0 Å². The normalized spacial score (nSPS) is 10.2. The predicted octanol–water partition coefficient (Wildman–Crippen LogP) is 1.26. The van der Waals surface area contributed by atoms with E-state index in [1.165, 1.54) is 6.42 Å². The highest BCUT2D eigenvalue weighted by Gasteiger charge is 1.65. The Balaban J connectivity index is 2.66. The second kappa shape index (κ2) is 4.54. The number of hydrogen-bond donors (Lipinski definition) is 1. The molecule has 1 heteroatoms. The molecule has 6 heavy (non-hydrogen) atoms. The monoisotopic (exact) mass is 85.1 g/mol. The Hall–Kier alpha value is -0.460. The van der Waals surface area contributed by atoms with Crippen molar-refractivity contribution in [3.63, 3.8) is 0 Å². The number of hydrogen-bond acceptors (Lipinski definition) is 1. The van der Waals surface area contributed by atoms with Gasteiger partial charge in [-0.2, -0.15) is 0 Å². The zero-order chi connectivity index (χ0) is 4.83. The average Bonchev–Trinajstić information content (AvgIpc) is 1.61. The van der Waals surface area contributed by atoms with E-state index in [0.717, 1.165) is 6.42 Å². The van der Waals surface area contributed by atoms with E-state index in [9.17, 15) is 0 Å². The molecule has 0 atom stereocenters. The molecule has 0 heterocycles. The Labute approximate surface area is 38.8 Å². The van der Waals surface area contributed by atoms with Crippen molar-refractivity contribution in [1.29, 1.82) is 0 Å². The van der Waals surface area contributed by atoms with Crippen LogP contribution in [0.2, 0.25) is 0 Å². The molecule has 0 bridgehead atoms. The van der Waals surface area contributed by atoms with Crippen molar-refractivity contribution in [3.05, 3.63) is 12.3 Å². The summed E-state index contributed by atoms with van der Waals surface area (Å²) in [5, 5.41) is 0. The molecule has 0 aromatic heterocycles. The molecule has 0 unspecified atom stereocenters. The van der Waals surface area contributed by atoms with Crippen molar-refractivity contribution in [1.82, 2.24) is 0 Å². The van der Waals surface area contributed by atoms with Crippen LogP contribution in [0.25, 0.3) is 0 Å². The summed E-state index contributed by atoms with van der Waals surface area (Å²) in [7, 11) is 0. The van der Waals surface area contributed by atoms with Gasteiger partial charge in [-0.3, -0.25) is 0 Å². The Bertz CT molecular complexity index is 39.2. The summed E-state index contributed by atoms with van der Waals surface area (Å²) in [4.78, 5) is 0. The van der Waals surface area contributed by atoms with Crippen LogP contribution < -0.4 is 5.73 Å². The molecule has 2 N–H and O–H groups in total. The third-order valence-electron chi connectivity index (χ3n) is 0.591. The van der Waals surface area contributed by atoms with Crippen LogP contribution in [0.15, 0.2) is 12.3 Å². The summed E-state index contributed by atoms with van der Waals surface area (Å²) >= 11 is 0. The van der Waals surface area contributed by atoms with Crippen LogP contribution in [0.5, 0.6) is 0 Å². The van der Waals surface area contributed by atoms with Crippen molar-refractivity contribution in [3.8, 4) is 0 Å². The fourth-order valence-electron chi connectivity index (χ4n) is 0.263. The molecule has 0 saturated heterocycles. The Kier molecular flexibility index (Phi) is 4.19. The summed E-state index contributed by atoms with van der Waals surface area (Å²) in [6, 6.07) is 0. The highest BCUT2D eigenvalue weighted by atomic mass is 14.5. The summed E-state index contributed by atoms with van der Waals surface area (Å²) in [5.74, 6) is 0. The van der Waals surface area contributed by atoms with Gasteiger partial charge in [0.25, 0.3) is 0 Å². The molecule has 0 aromatic carbocycles. The SMILES string of the molecule is CCCC=CN. The first kappa shape index (κ1) is 5.54. The van der Waals surface area contributed by atoms with E-state index < -0.39 is 0 Å². The summed E-state index contributed by atoms with van der Waals surface area (Å²) < 4.78 is 0. The summed E-state index contributed by atoms with van der Waals surface area (Å²) in [5.41, 5.74) is 5.03. The minimum absolute atomic E-state index is 1.11. The van der Waals surface area contributed by atoms with E-state index >= 15 is 0 Å². The third-order valence-corrected chi connectivity index (χ3v) is 0.591. The van der Waals surface area contributed by atoms with Crippen molar-refractivity contribution < 1.29 is 0 Å². The second-order valence-corrected chi connectivity index (χ2v) is 1.22. The van der Waals surface area contributed by atoms with E-state index in [-0.39, 0.29) is 0 Å². The number of nitrogens with two attached hydrogens (primary N) is 1. The molecule has 0 rings (SSSR count). The molecule has 36 valence electrons. The molecule has 0 aliphatic heterocycles. The van der Waals surface area contributed by atoms with Gasteiger partial charge in [-0.25, -0.2) is 0 Å². The predicted molar refractivity (Wildman–Crippen MR) is 28.2 cm³/mol. The largest absolute Gasteiger partial charge is 0.405 e. The molecule has 0 aromatic rings. The lowest BCUT2D eigenvalue weighted by Gasteiger charge is -1.76. The van der Waals surface area contributed by atoms with Crippen molar-refractivity contribution in [2.24, 2.45) is 5.73 Å². The van der Waals surface area contributed by atoms with E-state index in [2.05, 4.69) is 6.92 Å². The van der Waals surface area contributed by atoms with Crippen LogP contribution in [-0.2, 0) is 0 Å². The Morgan fingerprint density at radius 3 is 2.50 bits per heavy atom. The van der Waals surface area contributed by atoms with Gasteiger partial charge in [0.05, 0.1) is 0 Å². The number of rotatable bonds is 2. The number of unbranched alkanes of at least 4 members (excludes halogenated alkanes) is 1. The zero-order valence-corrected chi connectivity index (χ0v) is 4.15. The summed E-state index contributed by atoms with van der Waals surface area (Å²) in [6.45, 7) is 2.12. The first-order chi connectivity index (χ1) is 2.91. The van der Waals surface area contributed by atoms with Crippen molar-refractivity contribution >= 4 is 0 Å². The molecule has 0 fully saturated rings. The lowest BCUT2D eigenvalue weighted by atomic mass is 10.3. The van der Waals surface area contributed by atoms with Gasteiger partial charge in [0.1, 0.15) is 0 Å². The fraction of sp³-hybridized carbons (Fsp3) is 0.600. The Morgan fingerprint density at radius 2 is 2.33 bits per heavy atom. The lowest BCUT2D eigenvalue weighted by Crippen LogP contribution is -1.73. The zero-order valence-electron chi connectivity index (χ0n) is 4.15. The van der Waals surface area contributed by atoms with Gasteiger partial charge >= 0.3 is 0 Å². The lowest BCUT2D eigenvalue weighted by molar-refractivity contribution is 0.956. The molecular formula is C5H11N. The van der Waals surface area contributed by atoms with Gasteiger partial charge in [0.15, 0.2) is 0 Å². The number of allylic oxidation sites excluding steroid dienone is 1. The van der Waals surface area contributed by atoms with Gasteiger partial charge in [-0.1, -0.05) is 19.4 Å². The molecule has 0 aliphatic rings. The summed E-state index contributed by atoms with van der Waals surface area (Å²) in [6.07, 6.45) is 5.84. The molecular weight excluding hydrogens is 74.1 g/mol. The molecule has 0 spiro atoms. The van der Waals surface area contributed by atoms with E-state index in [1.807, 2.05) is 6.08 Å². The first-order valence-corrected chi connectivity index (χ1v) is 2.28. The van der Waals surface area contributed by atoms with Crippen LogP contribution in [-0.4, -0.2) is 0 Å². The van der Waals surface area contributed by atoms with Crippen LogP contribution >= 0.6 is 0 Å². The second-order valence-electron chi connectivity index (χ2n) is 1.22. The smallest absolute Gasteiger partial charge is 0.0103 e. The van der Waals surface area contributed by atoms with Crippen molar-refractivity contribution in [2.45, 2.75) is 19.8 Å². The maximum Gasteiger partial charge on any atom is -0.0103 e. The van der Waals surface area contributed by atoms with Gasteiger partial charge < -0.3 is 5.73 Å². The highest BCUT2D eigenvalue weighted by Crippen LogP contribution is 1.83. The fourth-order valence-corrected chi connectivity index (χ4v) is 0.263. The van der Waals surface area contributed by atoms with Crippen molar-refractivity contribution in [2.75, 3.05) is 0 Å². The van der Waals surface area contributed by atoms with Gasteiger partial charge in [0, 0.05) is 0 Å². The topological polar surface area (TPSA) is 26.0 Å². The molecule has 0 saturated carbocycles. The maximum atomic E-state index is 5.03. The standard InChI is InChI=1S/C5H11N/c1-2-3-4-5-6/h4-5H,2-3,6H2,1H3. The average molecular weight is 85.2 g/mol. The van der Waals surface area contributed by atoms with Crippen LogP contribution in [0.3, 0.4) is 0 Å². The Morgan fingerprint density at radius 1 is 1.67 bits per heavy atom. The van der Waals surface area contributed by atoms with Crippen LogP contribution in [0.4, 0.5) is 0 Å². The maximum absolute atomic E-state index is 5.03. The van der Waals surface area contributed by atoms with Gasteiger partial charge in [-0.05, 0) is 12.6 Å². The van der Waals surface area contributed by atoms with E-state index in [1.54, 1.807) is 6.20 Å². The molecule has 0 radical (unpaired) electrons. The minimum atomic E-state index is 1.11.